The van der Waals surface area contributed by atoms with Crippen LogP contribution in [0.2, 0.25) is 0 Å². The lowest BCUT2D eigenvalue weighted by Gasteiger charge is -2.13. The number of carbonyl (C=O) groups is 1. The van der Waals surface area contributed by atoms with Gasteiger partial charge in [-0.2, -0.15) is 11.8 Å². The number of aromatic nitrogens is 1. The van der Waals surface area contributed by atoms with Crippen LogP contribution in [-0.4, -0.2) is 36.0 Å². The summed E-state index contributed by atoms with van der Waals surface area (Å²) in [4.78, 5) is 16.1. The molecule has 0 aromatic carbocycles. The lowest BCUT2D eigenvalue weighted by Crippen LogP contribution is -2.29. The Kier molecular flexibility index (Phi) is 6.57. The van der Waals surface area contributed by atoms with Crippen molar-refractivity contribution in [2.45, 2.75) is 13.8 Å². The van der Waals surface area contributed by atoms with Crippen LogP contribution in [0.15, 0.2) is 18.5 Å². The van der Waals surface area contributed by atoms with Crippen LogP contribution in [0.5, 0.6) is 0 Å². The van der Waals surface area contributed by atoms with E-state index in [0.717, 1.165) is 18.0 Å². The summed E-state index contributed by atoms with van der Waals surface area (Å²) < 4.78 is 0. The number of amides is 1. The molecule has 0 bridgehead atoms. The molecule has 2 N–H and O–H groups in total. The van der Waals surface area contributed by atoms with E-state index in [1.807, 2.05) is 6.92 Å². The highest BCUT2D eigenvalue weighted by Gasteiger charge is 2.11. The second kappa shape index (κ2) is 7.97. The van der Waals surface area contributed by atoms with Crippen LogP contribution in [0.25, 0.3) is 0 Å². The summed E-state index contributed by atoms with van der Waals surface area (Å²) in [5.74, 6) is 1.49. The fraction of sp³-hybridized carbons (Fsp3) is 0.538. The van der Waals surface area contributed by atoms with E-state index in [1.165, 1.54) is 0 Å². The zero-order chi connectivity index (χ0) is 13.4. The molecule has 1 rings (SSSR count). The van der Waals surface area contributed by atoms with Gasteiger partial charge < -0.3 is 10.6 Å². The van der Waals surface area contributed by atoms with Crippen molar-refractivity contribution in [3.05, 3.63) is 24.0 Å². The van der Waals surface area contributed by atoms with Gasteiger partial charge in [-0.1, -0.05) is 6.92 Å². The predicted molar refractivity (Wildman–Crippen MR) is 78.3 cm³/mol. The Balaban J connectivity index is 2.60. The van der Waals surface area contributed by atoms with E-state index >= 15 is 0 Å². The van der Waals surface area contributed by atoms with Crippen molar-refractivity contribution in [2.75, 3.05) is 30.4 Å². The Morgan fingerprint density at radius 2 is 2.33 bits per heavy atom. The van der Waals surface area contributed by atoms with Crippen molar-refractivity contribution in [3.63, 3.8) is 0 Å². The summed E-state index contributed by atoms with van der Waals surface area (Å²) in [6.45, 7) is 5.60. The van der Waals surface area contributed by atoms with Crippen LogP contribution in [-0.2, 0) is 0 Å². The molecule has 1 aromatic rings. The van der Waals surface area contributed by atoms with E-state index in [0.29, 0.717) is 18.0 Å². The highest BCUT2D eigenvalue weighted by atomic mass is 32.2. The molecule has 0 saturated carbocycles. The number of hydrogen-bond donors (Lipinski definition) is 2. The van der Waals surface area contributed by atoms with E-state index in [9.17, 15) is 4.79 Å². The first-order valence-corrected chi connectivity index (χ1v) is 7.53. The van der Waals surface area contributed by atoms with Crippen LogP contribution in [0.1, 0.15) is 24.2 Å². The number of pyridine rings is 1. The predicted octanol–water partition coefficient (Wildman–Crippen LogP) is 2.24. The summed E-state index contributed by atoms with van der Waals surface area (Å²) in [7, 11) is 0. The van der Waals surface area contributed by atoms with Crippen LogP contribution in [0.3, 0.4) is 0 Å². The van der Waals surface area contributed by atoms with Gasteiger partial charge in [0.2, 0.25) is 0 Å². The van der Waals surface area contributed by atoms with Crippen molar-refractivity contribution >= 4 is 23.4 Å². The van der Waals surface area contributed by atoms with Crippen molar-refractivity contribution in [3.8, 4) is 0 Å². The third-order valence-electron chi connectivity index (χ3n) is 2.50. The van der Waals surface area contributed by atoms with Gasteiger partial charge in [-0.3, -0.25) is 9.78 Å². The smallest absolute Gasteiger partial charge is 0.253 e. The van der Waals surface area contributed by atoms with E-state index < -0.39 is 0 Å². The minimum absolute atomic E-state index is 0.0405. The van der Waals surface area contributed by atoms with Gasteiger partial charge in [0.25, 0.3) is 5.91 Å². The molecule has 0 fully saturated rings. The third-order valence-corrected chi connectivity index (χ3v) is 3.40. The third kappa shape index (κ3) is 4.56. The lowest BCUT2D eigenvalue weighted by atomic mass is 10.2. The zero-order valence-corrected chi connectivity index (χ0v) is 12.0. The van der Waals surface area contributed by atoms with Gasteiger partial charge >= 0.3 is 0 Å². The van der Waals surface area contributed by atoms with E-state index in [-0.39, 0.29) is 5.91 Å². The summed E-state index contributed by atoms with van der Waals surface area (Å²) in [5, 5.41) is 6.10. The summed E-state index contributed by atoms with van der Waals surface area (Å²) >= 11 is 1.79. The van der Waals surface area contributed by atoms with Gasteiger partial charge in [-0.05, 0) is 30.9 Å². The molecule has 1 aromatic heterocycles. The van der Waals surface area contributed by atoms with Gasteiger partial charge in [-0.15, -0.1) is 0 Å². The lowest BCUT2D eigenvalue weighted by molar-refractivity contribution is 0.0950. The van der Waals surface area contributed by atoms with Crippen LogP contribution < -0.4 is 10.6 Å². The highest BCUT2D eigenvalue weighted by Crippen LogP contribution is 2.13. The van der Waals surface area contributed by atoms with Crippen LogP contribution >= 0.6 is 11.8 Å². The fourth-order valence-electron chi connectivity index (χ4n) is 1.63. The number of anilines is 1. The van der Waals surface area contributed by atoms with Crippen LogP contribution in [0.4, 0.5) is 5.69 Å². The molecule has 0 aliphatic carbocycles. The molecule has 0 saturated heterocycles. The number of thioether (sulfide) groups is 1. The number of carbonyl (C=O) groups excluding carboxylic acids is 1. The molecule has 18 heavy (non-hydrogen) atoms. The Labute approximate surface area is 113 Å². The molecule has 0 aliphatic rings. The van der Waals surface area contributed by atoms with Gasteiger partial charge in [0, 0.05) is 19.3 Å². The maximum Gasteiger partial charge on any atom is 0.253 e. The molecular weight excluding hydrogens is 246 g/mol. The average Bonchev–Trinajstić information content (AvgIpc) is 2.37. The molecule has 1 amide bonds. The Morgan fingerprint density at radius 1 is 1.56 bits per heavy atom. The molecule has 100 valence electrons. The first kappa shape index (κ1) is 14.8. The topological polar surface area (TPSA) is 54.0 Å². The molecule has 4 nitrogen and oxygen atoms in total. The number of nitrogens with zero attached hydrogens (tertiary/aromatic N) is 1. The van der Waals surface area contributed by atoms with E-state index in [1.54, 1.807) is 30.2 Å². The van der Waals surface area contributed by atoms with E-state index in [4.69, 9.17) is 0 Å². The second-order valence-corrected chi connectivity index (χ2v) is 5.13. The van der Waals surface area contributed by atoms with Gasteiger partial charge in [0.15, 0.2) is 0 Å². The quantitative estimate of drug-likeness (QED) is 0.795. The standard InChI is InChI=1S/C13H21N3OS/c1-4-15-12-8-14-6-5-11(12)13(17)16-7-10(2)9-18-3/h5-6,8,10,15H,4,7,9H2,1-3H3,(H,16,17). The normalized spacial score (nSPS) is 11.9. The number of rotatable bonds is 7. The molecule has 1 atom stereocenters. The van der Waals surface area contributed by atoms with Crippen molar-refractivity contribution < 1.29 is 4.79 Å². The first-order valence-electron chi connectivity index (χ1n) is 6.14. The largest absolute Gasteiger partial charge is 0.383 e. The Morgan fingerprint density at radius 3 is 3.00 bits per heavy atom. The molecule has 0 spiro atoms. The summed E-state index contributed by atoms with van der Waals surface area (Å²) in [6.07, 6.45) is 5.40. The van der Waals surface area contributed by atoms with Gasteiger partial charge in [-0.25, -0.2) is 0 Å². The maximum absolute atomic E-state index is 12.1. The maximum atomic E-state index is 12.1. The summed E-state index contributed by atoms with van der Waals surface area (Å²) in [6, 6.07) is 1.74. The van der Waals surface area contributed by atoms with Gasteiger partial charge in [0.05, 0.1) is 17.4 Å². The average molecular weight is 267 g/mol. The molecule has 5 heteroatoms. The SMILES string of the molecule is CCNc1cnccc1C(=O)NCC(C)CSC. The molecule has 0 aliphatic heterocycles. The van der Waals surface area contributed by atoms with Crippen molar-refractivity contribution in [2.24, 2.45) is 5.92 Å². The highest BCUT2D eigenvalue weighted by molar-refractivity contribution is 7.98. The Bertz CT molecular complexity index is 384. The summed E-state index contributed by atoms with van der Waals surface area (Å²) in [5.41, 5.74) is 1.44. The molecular formula is C13H21N3OS. The minimum Gasteiger partial charge on any atom is -0.383 e. The monoisotopic (exact) mass is 267 g/mol. The Hall–Kier alpha value is -1.23. The molecule has 0 radical (unpaired) electrons. The second-order valence-electron chi connectivity index (χ2n) is 4.22. The molecule has 1 unspecified atom stereocenters. The fourth-order valence-corrected chi connectivity index (χ4v) is 2.32. The first-order chi connectivity index (χ1) is 8.69. The van der Waals surface area contributed by atoms with Crippen LogP contribution in [0, 0.1) is 5.92 Å². The zero-order valence-electron chi connectivity index (χ0n) is 11.2. The van der Waals surface area contributed by atoms with E-state index in [2.05, 4.69) is 28.8 Å². The van der Waals surface area contributed by atoms with Gasteiger partial charge in [0.1, 0.15) is 0 Å². The number of nitrogens with one attached hydrogen (secondary N) is 2. The van der Waals surface area contributed by atoms with Crippen molar-refractivity contribution in [1.82, 2.24) is 10.3 Å². The number of hydrogen-bond acceptors (Lipinski definition) is 4. The minimum atomic E-state index is -0.0405. The molecule has 1 heterocycles. The van der Waals surface area contributed by atoms with Crippen molar-refractivity contribution in [1.29, 1.82) is 0 Å².